The molecular weight excluding hydrogens is 614 g/mol. The van der Waals surface area contributed by atoms with Crippen LogP contribution >= 0.6 is 0 Å². The smallest absolute Gasteiger partial charge is 0.264 e. The van der Waals surface area contributed by atoms with E-state index in [1.807, 2.05) is 59.2 Å². The molecule has 0 saturated carbocycles. The van der Waals surface area contributed by atoms with Crippen molar-refractivity contribution in [2.75, 3.05) is 34.4 Å². The lowest BCUT2D eigenvalue weighted by Gasteiger charge is -2.32. The Morgan fingerprint density at radius 2 is 1.43 bits per heavy atom. The lowest BCUT2D eigenvalue weighted by atomic mass is 9.82. The van der Waals surface area contributed by atoms with Crippen LogP contribution in [0.5, 0.6) is 0 Å². The predicted octanol–water partition coefficient (Wildman–Crippen LogP) is 6.99. The number of nitrogens with zero attached hydrogens (tertiary/aromatic N) is 3. The molecule has 2 aromatic rings. The number of hydrogen-bond acceptors (Lipinski definition) is 5. The minimum Gasteiger partial charge on any atom is -0.396 e. The highest BCUT2D eigenvalue weighted by molar-refractivity contribution is 6.72. The number of ether oxygens (including phenoxy) is 1. The van der Waals surface area contributed by atoms with Gasteiger partial charge in [0.2, 0.25) is 20.2 Å². The third-order valence-corrected chi connectivity index (χ3v) is 13.4. The van der Waals surface area contributed by atoms with Crippen molar-refractivity contribution in [1.82, 2.24) is 0 Å². The normalized spacial score (nSPS) is 27.6. The van der Waals surface area contributed by atoms with Crippen LogP contribution in [-0.2, 0) is 31.3 Å². The molecule has 3 fully saturated rings. The molecule has 1 spiro atoms. The van der Waals surface area contributed by atoms with Crippen molar-refractivity contribution < 1.29 is 28.3 Å². The molecule has 3 amide bonds. The van der Waals surface area contributed by atoms with Gasteiger partial charge in [-0.05, 0) is 81.1 Å². The van der Waals surface area contributed by atoms with Crippen molar-refractivity contribution in [3.63, 3.8) is 0 Å². The molecule has 4 atom stereocenters. The van der Waals surface area contributed by atoms with E-state index in [1.165, 1.54) is 0 Å². The number of aliphatic hydroxyl groups excluding tert-OH is 1. The van der Waals surface area contributed by atoms with E-state index in [2.05, 4.69) is 0 Å². The molecule has 1 N–H and O–H groups in total. The monoisotopic (exact) mass is 663 g/mol. The van der Waals surface area contributed by atoms with Crippen LogP contribution in [0.1, 0.15) is 88.7 Å². The number of anilines is 3. The number of halogens is 1. The van der Waals surface area contributed by atoms with Crippen LogP contribution in [0.4, 0.5) is 21.2 Å². The second kappa shape index (κ2) is 13.8. The minimum absolute atomic E-state index is 0.0761. The third-order valence-electron chi connectivity index (χ3n) is 10.9. The Kier molecular flexibility index (Phi) is 9.93. The minimum atomic E-state index is -3.34. The van der Waals surface area contributed by atoms with Gasteiger partial charge in [0.1, 0.15) is 0 Å². The van der Waals surface area contributed by atoms with E-state index in [1.54, 1.807) is 18.0 Å². The number of amides is 3. The van der Waals surface area contributed by atoms with Gasteiger partial charge in [0, 0.05) is 60.9 Å². The fourth-order valence-corrected chi connectivity index (χ4v) is 11.1. The molecule has 4 aliphatic rings. The summed E-state index contributed by atoms with van der Waals surface area (Å²) < 4.78 is 22.8. The highest BCUT2D eigenvalue weighted by Crippen LogP contribution is 2.60. The summed E-state index contributed by atoms with van der Waals surface area (Å²) in [7, 11) is -3.34. The topological polar surface area (TPSA) is 90.4 Å². The Balaban J connectivity index is 1.37. The lowest BCUT2D eigenvalue weighted by Crippen LogP contribution is -2.45. The van der Waals surface area contributed by atoms with Crippen molar-refractivity contribution in [3.05, 3.63) is 53.6 Å². The van der Waals surface area contributed by atoms with Crippen LogP contribution in [-0.4, -0.2) is 57.0 Å². The molecule has 0 radical (unpaired) electrons. The molecule has 47 heavy (non-hydrogen) atoms. The molecular formula is C37H50FN3O5Si. The Labute approximate surface area is 279 Å². The molecule has 2 aromatic carbocycles. The summed E-state index contributed by atoms with van der Waals surface area (Å²) in [6, 6.07) is 13.6. The van der Waals surface area contributed by atoms with E-state index in [4.69, 9.17) is 4.74 Å². The lowest BCUT2D eigenvalue weighted by molar-refractivity contribution is -0.146. The number of hydrogen-bond donors (Lipinski definition) is 1. The average Bonchev–Trinajstić information content (AvgIpc) is 3.44. The fraction of sp³-hybridized carbons (Fsp3) is 0.595. The van der Waals surface area contributed by atoms with Crippen molar-refractivity contribution in [2.45, 2.75) is 114 Å². The quantitative estimate of drug-likeness (QED) is 0.255. The van der Waals surface area contributed by atoms with Gasteiger partial charge in [-0.3, -0.25) is 14.4 Å². The number of rotatable bonds is 7. The molecule has 4 aliphatic heterocycles. The van der Waals surface area contributed by atoms with Gasteiger partial charge in [-0.25, -0.2) is 0 Å². The summed E-state index contributed by atoms with van der Waals surface area (Å²) in [6.45, 7) is 6.69. The SMILES string of the molecule is C[C@H]1[C@H]([Si](C)(C)F)[C@@H](CCO)O[C@]12C(=O)N(Cc1ccc(N3CCCCCCC3=O)cc1)c1ccc(N3CCCCCCC3=O)cc12. The summed E-state index contributed by atoms with van der Waals surface area (Å²) >= 11 is 0. The first-order valence-electron chi connectivity index (χ1n) is 17.7. The second-order valence-corrected chi connectivity index (χ2v) is 18.3. The van der Waals surface area contributed by atoms with Crippen LogP contribution in [0, 0.1) is 5.92 Å². The van der Waals surface area contributed by atoms with E-state index in [9.17, 15) is 19.5 Å². The highest BCUT2D eigenvalue weighted by atomic mass is 28.4. The number of carbonyl (C=O) groups is 3. The zero-order valence-corrected chi connectivity index (χ0v) is 29.2. The first kappa shape index (κ1) is 33.8. The van der Waals surface area contributed by atoms with Crippen LogP contribution in [0.2, 0.25) is 18.6 Å². The molecule has 254 valence electrons. The van der Waals surface area contributed by atoms with Gasteiger partial charge in [-0.1, -0.05) is 44.7 Å². The van der Waals surface area contributed by atoms with Gasteiger partial charge in [0.25, 0.3) is 5.91 Å². The molecule has 3 saturated heterocycles. The van der Waals surface area contributed by atoms with Crippen molar-refractivity contribution >= 4 is 43.2 Å². The summed E-state index contributed by atoms with van der Waals surface area (Å²) in [4.78, 5) is 46.4. The van der Waals surface area contributed by atoms with Crippen molar-refractivity contribution in [2.24, 2.45) is 5.92 Å². The first-order chi connectivity index (χ1) is 22.6. The maximum atomic E-state index is 16.0. The summed E-state index contributed by atoms with van der Waals surface area (Å²) in [5.74, 6) is -0.480. The van der Waals surface area contributed by atoms with E-state index in [-0.39, 0.29) is 37.3 Å². The molecule has 10 heteroatoms. The number of aliphatic hydroxyl groups is 1. The summed E-state index contributed by atoms with van der Waals surface area (Å²) in [5.41, 5.74) is 1.97. The summed E-state index contributed by atoms with van der Waals surface area (Å²) in [5, 5.41) is 9.94. The molecule has 0 aromatic heterocycles. The molecule has 4 heterocycles. The Hall–Kier alpha value is -3.08. The maximum absolute atomic E-state index is 16.0. The molecule has 0 bridgehead atoms. The van der Waals surface area contributed by atoms with Gasteiger partial charge >= 0.3 is 0 Å². The van der Waals surface area contributed by atoms with Crippen LogP contribution < -0.4 is 14.7 Å². The number of benzene rings is 2. The van der Waals surface area contributed by atoms with Gasteiger partial charge in [0.15, 0.2) is 5.60 Å². The van der Waals surface area contributed by atoms with Crippen LogP contribution in [0.15, 0.2) is 42.5 Å². The largest absolute Gasteiger partial charge is 0.396 e. The molecule has 6 rings (SSSR count). The Morgan fingerprint density at radius 3 is 2.02 bits per heavy atom. The van der Waals surface area contributed by atoms with Crippen LogP contribution in [0.3, 0.4) is 0 Å². The Morgan fingerprint density at radius 1 is 0.851 bits per heavy atom. The van der Waals surface area contributed by atoms with Crippen LogP contribution in [0.25, 0.3) is 0 Å². The van der Waals surface area contributed by atoms with Gasteiger partial charge in [-0.15, -0.1) is 0 Å². The number of fused-ring (bicyclic) bond motifs is 2. The second-order valence-electron chi connectivity index (χ2n) is 14.5. The highest BCUT2D eigenvalue weighted by Gasteiger charge is 2.66. The van der Waals surface area contributed by atoms with Crippen molar-refractivity contribution in [3.8, 4) is 0 Å². The standard InChI is InChI=1S/C37H50FN3O5Si/c1-26-35(47(2,3)38)32(20-23-42)46-37(26)30-24-29(40-22-11-7-5-9-13-34(40)44)18-19-31(30)41(36(37)45)25-27-14-16-28(17-15-27)39-21-10-6-4-8-12-33(39)43/h14-19,24,26,32,35,42H,4-13,20-23,25H2,1-3H3/t26-,32+,35-,37+/m0/s1. The molecule has 0 unspecified atom stereocenters. The van der Waals surface area contributed by atoms with E-state index >= 15 is 4.11 Å². The maximum Gasteiger partial charge on any atom is 0.264 e. The number of carbonyl (C=O) groups excluding carboxylic acids is 3. The predicted molar refractivity (Wildman–Crippen MR) is 185 cm³/mol. The molecule has 8 nitrogen and oxygen atoms in total. The molecule has 0 aliphatic carbocycles. The average molecular weight is 664 g/mol. The summed E-state index contributed by atoms with van der Waals surface area (Å²) in [6.07, 6.45) is 8.70. The zero-order valence-electron chi connectivity index (χ0n) is 28.2. The van der Waals surface area contributed by atoms with E-state index < -0.39 is 31.6 Å². The van der Waals surface area contributed by atoms with Gasteiger partial charge in [0.05, 0.1) is 18.3 Å². The van der Waals surface area contributed by atoms with Gasteiger partial charge < -0.3 is 28.7 Å². The zero-order chi connectivity index (χ0) is 33.3. The van der Waals surface area contributed by atoms with E-state index in [0.29, 0.717) is 37.2 Å². The fourth-order valence-electron chi connectivity index (χ4n) is 8.59. The van der Waals surface area contributed by atoms with E-state index in [0.717, 1.165) is 68.3 Å². The first-order valence-corrected chi connectivity index (χ1v) is 20.7. The van der Waals surface area contributed by atoms with Crippen molar-refractivity contribution in [1.29, 1.82) is 0 Å². The Bertz CT molecular complexity index is 1480. The third kappa shape index (κ3) is 6.40. The van der Waals surface area contributed by atoms with Gasteiger partial charge in [-0.2, -0.15) is 0 Å².